The van der Waals surface area contributed by atoms with Gasteiger partial charge in [-0.05, 0) is 83.4 Å². The molecule has 0 aliphatic heterocycles. The summed E-state index contributed by atoms with van der Waals surface area (Å²) in [5.74, 6) is 0.844. The molecule has 0 fully saturated rings. The summed E-state index contributed by atoms with van der Waals surface area (Å²) in [6, 6.07) is 53.0. The van der Waals surface area contributed by atoms with Gasteiger partial charge in [0.2, 0.25) is 0 Å². The summed E-state index contributed by atoms with van der Waals surface area (Å²) in [6.07, 6.45) is -9.31. The van der Waals surface area contributed by atoms with E-state index in [2.05, 4.69) is 12.1 Å². The van der Waals surface area contributed by atoms with E-state index < -0.39 is 23.5 Å². The van der Waals surface area contributed by atoms with Gasteiger partial charge >= 0.3 is 12.4 Å². The van der Waals surface area contributed by atoms with Crippen LogP contribution < -0.4 is 0 Å². The molecule has 0 N–H and O–H groups in total. The number of hydrogen-bond acceptors (Lipinski definition) is 6. The molecule has 0 spiro atoms. The second-order valence-electron chi connectivity index (χ2n) is 16.0. The van der Waals surface area contributed by atoms with Crippen molar-refractivity contribution in [3.63, 3.8) is 0 Å². The van der Waals surface area contributed by atoms with E-state index in [-0.39, 0.29) is 22.5 Å². The van der Waals surface area contributed by atoms with E-state index >= 15 is 0 Å². The normalized spacial score (nSPS) is 11.6. The van der Waals surface area contributed by atoms with Gasteiger partial charge in [-0.25, -0.2) is 15.0 Å². The Morgan fingerprint density at radius 1 is 0.391 bits per heavy atom. The first-order valence-electron chi connectivity index (χ1n) is 21.2. The summed E-state index contributed by atoms with van der Waals surface area (Å²) < 4.78 is 86.8. The highest BCUT2D eigenvalue weighted by molar-refractivity contribution is 6.12. The smallest absolute Gasteiger partial charge is 0.308 e. The first-order chi connectivity index (χ1) is 33.3. The highest BCUT2D eigenvalue weighted by Gasteiger charge is 2.32. The molecule has 0 amide bonds. The molecule has 0 unspecified atom stereocenters. The molecule has 0 bridgehead atoms. The molecule has 0 saturated carbocycles. The molecule has 0 aliphatic carbocycles. The number of para-hydroxylation sites is 1. The lowest BCUT2D eigenvalue weighted by Crippen LogP contribution is -2.06. The second kappa shape index (κ2) is 17.1. The van der Waals surface area contributed by atoms with Gasteiger partial charge in [0, 0.05) is 44.2 Å². The van der Waals surface area contributed by atoms with Crippen molar-refractivity contribution in [2.24, 2.45) is 0 Å². The minimum Gasteiger partial charge on any atom is -0.308 e. The predicted molar refractivity (Wildman–Crippen MR) is 251 cm³/mol. The number of nitrogens with zero attached hydrogens (tertiary/aromatic N) is 7. The Bertz CT molecular complexity index is 3600. The first kappa shape index (κ1) is 43.5. The molecule has 0 radical (unpaired) electrons. The third kappa shape index (κ3) is 8.07. The molecule has 330 valence electrons. The predicted octanol–water partition coefficient (Wildman–Crippen LogP) is 14.6. The number of rotatable bonds is 7. The van der Waals surface area contributed by atoms with Gasteiger partial charge in [0.15, 0.2) is 17.5 Å². The Hall–Kier alpha value is -9.38. The van der Waals surface area contributed by atoms with Gasteiger partial charge in [-0.1, -0.05) is 109 Å². The number of fused-ring (bicyclic) bond motifs is 3. The van der Waals surface area contributed by atoms with Crippen LogP contribution in [0.1, 0.15) is 27.8 Å². The standard InChI is InChI=1S/C56H29F6N7/c57-55(58,59)42-20-15-34(16-21-42)45-28-39(54-67-52(36-9-3-1-4-10-36)66-53(68-54)37-11-5-2-6-12-37)29-46(35-17-22-43(23-18-35)56(60,61)62)51(45)69-48-14-8-7-13-44(48)47-27-38(19-24-49(47)69)50-40(31-64)25-33(30-63)26-41(50)32-65/h1-29H. The molecule has 2 aromatic heterocycles. The number of aromatic nitrogens is 4. The van der Waals surface area contributed by atoms with E-state index in [9.17, 15) is 42.1 Å². The summed E-state index contributed by atoms with van der Waals surface area (Å²) in [7, 11) is 0. The lowest BCUT2D eigenvalue weighted by atomic mass is 9.91. The Morgan fingerprint density at radius 2 is 0.826 bits per heavy atom. The Kier molecular flexibility index (Phi) is 10.8. The van der Waals surface area contributed by atoms with E-state index in [1.807, 2.05) is 102 Å². The maximum absolute atomic E-state index is 14.1. The van der Waals surface area contributed by atoms with Gasteiger partial charge in [0.25, 0.3) is 0 Å². The van der Waals surface area contributed by atoms with E-state index in [0.717, 1.165) is 24.3 Å². The third-order valence-corrected chi connectivity index (χ3v) is 11.8. The second-order valence-corrected chi connectivity index (χ2v) is 16.0. The molecule has 10 aromatic rings. The zero-order chi connectivity index (χ0) is 48.0. The van der Waals surface area contributed by atoms with Crippen molar-refractivity contribution < 1.29 is 26.3 Å². The minimum absolute atomic E-state index is 0.114. The van der Waals surface area contributed by atoms with Crippen LogP contribution in [0, 0.1) is 34.0 Å². The van der Waals surface area contributed by atoms with Gasteiger partial charge < -0.3 is 4.57 Å². The molecule has 2 heterocycles. The molecular formula is C56H29F6N7. The highest BCUT2D eigenvalue weighted by atomic mass is 19.4. The zero-order valence-corrected chi connectivity index (χ0v) is 35.6. The van der Waals surface area contributed by atoms with Crippen molar-refractivity contribution in [3.05, 3.63) is 204 Å². The Balaban J connectivity index is 1.32. The molecule has 8 aromatic carbocycles. The van der Waals surface area contributed by atoms with Crippen LogP contribution in [0.15, 0.2) is 176 Å². The largest absolute Gasteiger partial charge is 0.416 e. The molecule has 7 nitrogen and oxygen atoms in total. The molecule has 69 heavy (non-hydrogen) atoms. The summed E-state index contributed by atoms with van der Waals surface area (Å²) in [5.41, 5.74) is 4.22. The third-order valence-electron chi connectivity index (χ3n) is 11.8. The number of benzene rings is 8. The average Bonchev–Trinajstić information content (AvgIpc) is 3.71. The van der Waals surface area contributed by atoms with Gasteiger partial charge in [-0.2, -0.15) is 42.1 Å². The van der Waals surface area contributed by atoms with Crippen LogP contribution in [-0.4, -0.2) is 19.5 Å². The molecule has 10 rings (SSSR count). The summed E-state index contributed by atoms with van der Waals surface area (Å²) in [5, 5.41) is 31.4. The van der Waals surface area contributed by atoms with Gasteiger partial charge in [-0.15, -0.1) is 0 Å². The fourth-order valence-electron chi connectivity index (χ4n) is 8.62. The summed E-state index contributed by atoms with van der Waals surface area (Å²) >= 11 is 0. The minimum atomic E-state index is -4.66. The Morgan fingerprint density at radius 3 is 1.29 bits per heavy atom. The van der Waals surface area contributed by atoms with Crippen LogP contribution in [0.4, 0.5) is 26.3 Å². The SMILES string of the molecule is N#Cc1cc(C#N)c(-c2ccc3c(c2)c2ccccc2n3-c2c(-c3ccc(C(F)(F)F)cc3)cc(-c3nc(-c4ccccc4)nc(-c4ccccc4)n3)cc2-c2ccc(C(F)(F)F)cc2)c(C#N)c1. The molecule has 13 heteroatoms. The maximum Gasteiger partial charge on any atom is 0.416 e. The van der Waals surface area contributed by atoms with Gasteiger partial charge in [0.05, 0.1) is 62.7 Å². The van der Waals surface area contributed by atoms with Crippen molar-refractivity contribution in [2.75, 3.05) is 0 Å². The fraction of sp³-hybridized carbons (Fsp3) is 0.0357. The van der Waals surface area contributed by atoms with E-state index in [0.29, 0.717) is 89.2 Å². The maximum atomic E-state index is 14.1. The van der Waals surface area contributed by atoms with Crippen LogP contribution in [-0.2, 0) is 12.4 Å². The molecular weight excluding hydrogens is 885 g/mol. The van der Waals surface area contributed by atoms with Crippen molar-refractivity contribution in [3.8, 4) is 91.4 Å². The lowest BCUT2D eigenvalue weighted by molar-refractivity contribution is -0.138. The van der Waals surface area contributed by atoms with Gasteiger partial charge in [-0.3, -0.25) is 0 Å². The lowest BCUT2D eigenvalue weighted by Gasteiger charge is -2.21. The number of hydrogen-bond donors (Lipinski definition) is 0. The topological polar surface area (TPSA) is 115 Å². The van der Waals surface area contributed by atoms with Crippen LogP contribution in [0.3, 0.4) is 0 Å². The van der Waals surface area contributed by atoms with Crippen LogP contribution in [0.25, 0.3) is 95.0 Å². The van der Waals surface area contributed by atoms with Crippen molar-refractivity contribution in [1.82, 2.24) is 19.5 Å². The first-order valence-corrected chi connectivity index (χ1v) is 21.2. The molecule has 0 saturated heterocycles. The quantitative estimate of drug-likeness (QED) is 0.147. The Labute approximate surface area is 389 Å². The van der Waals surface area contributed by atoms with Crippen LogP contribution in [0.2, 0.25) is 0 Å². The van der Waals surface area contributed by atoms with Crippen molar-refractivity contribution in [1.29, 1.82) is 15.8 Å². The zero-order valence-electron chi connectivity index (χ0n) is 35.6. The number of halogens is 6. The average molecular weight is 914 g/mol. The van der Waals surface area contributed by atoms with Gasteiger partial charge in [0.1, 0.15) is 0 Å². The van der Waals surface area contributed by atoms with Crippen LogP contribution in [0.5, 0.6) is 0 Å². The molecule has 0 aliphatic rings. The van der Waals surface area contributed by atoms with Crippen molar-refractivity contribution >= 4 is 21.8 Å². The highest BCUT2D eigenvalue weighted by Crippen LogP contribution is 2.46. The summed E-state index contributed by atoms with van der Waals surface area (Å²) in [6.45, 7) is 0. The van der Waals surface area contributed by atoms with Crippen LogP contribution >= 0.6 is 0 Å². The summed E-state index contributed by atoms with van der Waals surface area (Å²) in [4.78, 5) is 14.7. The van der Waals surface area contributed by atoms with Crippen molar-refractivity contribution in [2.45, 2.75) is 12.4 Å². The number of nitriles is 3. The monoisotopic (exact) mass is 913 g/mol. The number of alkyl halides is 6. The van der Waals surface area contributed by atoms with E-state index in [4.69, 9.17) is 15.0 Å². The fourth-order valence-corrected chi connectivity index (χ4v) is 8.62. The molecule has 0 atom stereocenters. The van der Waals surface area contributed by atoms with E-state index in [1.165, 1.54) is 36.4 Å². The van der Waals surface area contributed by atoms with E-state index in [1.54, 1.807) is 24.3 Å².